The van der Waals surface area contributed by atoms with Crippen LogP contribution in [0.5, 0.6) is 0 Å². The number of nitrogens with zero attached hydrogens (tertiary/aromatic N) is 2. The van der Waals surface area contributed by atoms with Gasteiger partial charge < -0.3 is 25.0 Å². The van der Waals surface area contributed by atoms with E-state index in [1.54, 1.807) is 6.92 Å². The predicted octanol–water partition coefficient (Wildman–Crippen LogP) is 0.869. The van der Waals surface area contributed by atoms with Crippen molar-refractivity contribution in [2.45, 2.75) is 25.5 Å². The van der Waals surface area contributed by atoms with Crippen molar-refractivity contribution in [1.82, 2.24) is 20.2 Å². The molecule has 0 spiro atoms. The number of rotatable bonds is 3. The highest BCUT2D eigenvalue weighted by molar-refractivity contribution is 6.30. The first kappa shape index (κ1) is 15.6. The van der Waals surface area contributed by atoms with Gasteiger partial charge >= 0.3 is 6.09 Å². The number of halogens is 1. The van der Waals surface area contributed by atoms with E-state index in [1.807, 2.05) is 0 Å². The molecule has 0 unspecified atom stereocenters. The summed E-state index contributed by atoms with van der Waals surface area (Å²) in [7, 11) is 1.49. The standard InChI is InChI=1S/C12H17ClN4O4/c1-6-9(13)16-10(14-6)11(18)15-7-3-4-17(12(19)20)5-8(7)21-2/h7-8H,3-5H2,1-2H3,(H,14,16)(H,15,18)(H,19,20)/t7-,8+/m1/s1. The van der Waals surface area contributed by atoms with Gasteiger partial charge in [0.05, 0.1) is 24.4 Å². The molecule has 0 bridgehead atoms. The van der Waals surface area contributed by atoms with Crippen LogP contribution in [0.1, 0.15) is 22.7 Å². The molecule has 1 saturated heterocycles. The fourth-order valence-electron chi connectivity index (χ4n) is 2.28. The Kier molecular flexibility index (Phi) is 4.69. The van der Waals surface area contributed by atoms with Gasteiger partial charge in [0.1, 0.15) is 0 Å². The van der Waals surface area contributed by atoms with Crippen LogP contribution in [-0.4, -0.2) is 64.3 Å². The third-order valence-corrected chi connectivity index (χ3v) is 3.86. The molecule has 8 nitrogen and oxygen atoms in total. The molecule has 2 heterocycles. The summed E-state index contributed by atoms with van der Waals surface area (Å²) in [4.78, 5) is 31.0. The van der Waals surface area contributed by atoms with Crippen molar-refractivity contribution in [1.29, 1.82) is 0 Å². The molecule has 1 aliphatic heterocycles. The minimum atomic E-state index is -0.990. The normalized spacial score (nSPS) is 22.1. The van der Waals surface area contributed by atoms with Crippen LogP contribution in [0.2, 0.25) is 5.15 Å². The van der Waals surface area contributed by atoms with Gasteiger partial charge in [0.2, 0.25) is 0 Å². The lowest BCUT2D eigenvalue weighted by molar-refractivity contribution is 0.0100. The Labute approximate surface area is 126 Å². The second kappa shape index (κ2) is 6.31. The van der Waals surface area contributed by atoms with Gasteiger partial charge in [0.15, 0.2) is 11.0 Å². The van der Waals surface area contributed by atoms with Crippen molar-refractivity contribution >= 4 is 23.6 Å². The van der Waals surface area contributed by atoms with Crippen molar-refractivity contribution in [3.63, 3.8) is 0 Å². The van der Waals surface area contributed by atoms with Gasteiger partial charge in [-0.15, -0.1) is 0 Å². The van der Waals surface area contributed by atoms with E-state index in [1.165, 1.54) is 12.0 Å². The zero-order chi connectivity index (χ0) is 15.6. The second-order valence-corrected chi connectivity index (χ2v) is 5.23. The van der Waals surface area contributed by atoms with Crippen LogP contribution in [0, 0.1) is 6.92 Å². The van der Waals surface area contributed by atoms with Crippen LogP contribution in [0.15, 0.2) is 0 Å². The number of carbonyl (C=O) groups is 2. The molecule has 9 heteroatoms. The molecule has 0 aliphatic carbocycles. The van der Waals surface area contributed by atoms with Crippen LogP contribution < -0.4 is 5.32 Å². The molecule has 0 saturated carbocycles. The molecule has 2 amide bonds. The van der Waals surface area contributed by atoms with Gasteiger partial charge in [-0.3, -0.25) is 4.79 Å². The van der Waals surface area contributed by atoms with E-state index in [2.05, 4.69) is 15.3 Å². The number of nitrogens with one attached hydrogen (secondary N) is 2. The first-order valence-electron chi connectivity index (χ1n) is 6.46. The number of hydrogen-bond donors (Lipinski definition) is 3. The summed E-state index contributed by atoms with van der Waals surface area (Å²) >= 11 is 5.81. The number of amides is 2. The number of methoxy groups -OCH3 is 1. The summed E-state index contributed by atoms with van der Waals surface area (Å²) in [6.45, 7) is 2.28. The number of hydrogen-bond acceptors (Lipinski definition) is 4. The molecule has 0 aromatic carbocycles. The average molecular weight is 317 g/mol. The van der Waals surface area contributed by atoms with Crippen LogP contribution in [-0.2, 0) is 4.74 Å². The number of H-pyrrole nitrogens is 1. The molecule has 1 fully saturated rings. The highest BCUT2D eigenvalue weighted by atomic mass is 35.5. The number of imidazole rings is 1. The van der Waals surface area contributed by atoms with Crippen molar-refractivity contribution < 1.29 is 19.4 Å². The van der Waals surface area contributed by atoms with E-state index < -0.39 is 12.2 Å². The van der Waals surface area contributed by atoms with E-state index in [0.717, 1.165) is 0 Å². The molecule has 2 rings (SSSR count). The zero-order valence-corrected chi connectivity index (χ0v) is 12.5. The highest BCUT2D eigenvalue weighted by Crippen LogP contribution is 2.15. The summed E-state index contributed by atoms with van der Waals surface area (Å²) in [6, 6.07) is -0.276. The van der Waals surface area contributed by atoms with Gasteiger partial charge in [0.25, 0.3) is 5.91 Å². The van der Waals surface area contributed by atoms with E-state index >= 15 is 0 Å². The molecular formula is C12H17ClN4O4. The van der Waals surface area contributed by atoms with E-state index in [4.69, 9.17) is 21.4 Å². The van der Waals surface area contributed by atoms with E-state index in [9.17, 15) is 9.59 Å². The number of ether oxygens (including phenoxy) is 1. The van der Waals surface area contributed by atoms with Gasteiger partial charge in [-0.05, 0) is 13.3 Å². The van der Waals surface area contributed by atoms with Gasteiger partial charge in [0, 0.05) is 13.7 Å². The molecule has 2 atom stereocenters. The van der Waals surface area contributed by atoms with Crippen LogP contribution in [0.25, 0.3) is 0 Å². The lowest BCUT2D eigenvalue weighted by Crippen LogP contribution is -2.55. The first-order chi connectivity index (χ1) is 9.92. The Bertz CT molecular complexity index is 528. The van der Waals surface area contributed by atoms with Gasteiger partial charge in [-0.2, -0.15) is 0 Å². The summed E-state index contributed by atoms with van der Waals surface area (Å²) < 4.78 is 5.27. The van der Waals surface area contributed by atoms with E-state index in [0.29, 0.717) is 18.7 Å². The number of carbonyl (C=O) groups excluding carboxylic acids is 1. The fourth-order valence-corrected chi connectivity index (χ4v) is 2.41. The predicted molar refractivity (Wildman–Crippen MR) is 74.6 cm³/mol. The van der Waals surface area contributed by atoms with Crippen molar-refractivity contribution in [3.05, 3.63) is 16.7 Å². The SMILES string of the molecule is CO[C@H]1CN(C(=O)O)CC[C@H]1NC(=O)c1nc(Cl)c(C)[nH]1. The summed E-state index contributed by atoms with van der Waals surface area (Å²) in [5.41, 5.74) is 0.616. The summed E-state index contributed by atoms with van der Waals surface area (Å²) in [5.74, 6) is -0.256. The van der Waals surface area contributed by atoms with Crippen LogP contribution >= 0.6 is 11.6 Å². The summed E-state index contributed by atoms with van der Waals surface area (Å²) in [6.07, 6.45) is -0.912. The largest absolute Gasteiger partial charge is 0.465 e. The molecular weight excluding hydrogens is 300 g/mol. The number of aromatic amines is 1. The molecule has 21 heavy (non-hydrogen) atoms. The lowest BCUT2D eigenvalue weighted by Gasteiger charge is -2.36. The van der Waals surface area contributed by atoms with Crippen molar-refractivity contribution in [3.8, 4) is 0 Å². The smallest absolute Gasteiger partial charge is 0.407 e. The maximum absolute atomic E-state index is 12.1. The average Bonchev–Trinajstić information content (AvgIpc) is 2.79. The Morgan fingerprint density at radius 1 is 1.57 bits per heavy atom. The number of likely N-dealkylation sites (tertiary alicyclic amines) is 1. The lowest BCUT2D eigenvalue weighted by atomic mass is 10.0. The Hall–Kier alpha value is -1.80. The number of aromatic nitrogens is 2. The second-order valence-electron chi connectivity index (χ2n) is 4.87. The Morgan fingerprint density at radius 2 is 2.29 bits per heavy atom. The number of piperidine rings is 1. The Morgan fingerprint density at radius 3 is 2.81 bits per heavy atom. The molecule has 1 aromatic rings. The van der Waals surface area contributed by atoms with E-state index in [-0.39, 0.29) is 29.5 Å². The maximum Gasteiger partial charge on any atom is 0.407 e. The molecule has 1 aromatic heterocycles. The molecule has 0 radical (unpaired) electrons. The number of aryl methyl sites for hydroxylation is 1. The fraction of sp³-hybridized carbons (Fsp3) is 0.583. The summed E-state index contributed by atoms with van der Waals surface area (Å²) in [5, 5.41) is 12.0. The van der Waals surface area contributed by atoms with Crippen molar-refractivity contribution in [2.24, 2.45) is 0 Å². The maximum atomic E-state index is 12.1. The van der Waals surface area contributed by atoms with Crippen molar-refractivity contribution in [2.75, 3.05) is 20.2 Å². The number of carboxylic acid groups (broad SMARTS) is 1. The van der Waals surface area contributed by atoms with Crippen LogP contribution in [0.3, 0.4) is 0 Å². The quantitative estimate of drug-likeness (QED) is 0.767. The Balaban J connectivity index is 2.01. The third kappa shape index (κ3) is 3.45. The molecule has 1 aliphatic rings. The first-order valence-corrected chi connectivity index (χ1v) is 6.83. The molecule has 3 N–H and O–H groups in total. The molecule has 116 valence electrons. The highest BCUT2D eigenvalue weighted by Gasteiger charge is 2.33. The zero-order valence-electron chi connectivity index (χ0n) is 11.7. The minimum Gasteiger partial charge on any atom is -0.465 e. The topological polar surface area (TPSA) is 108 Å². The van der Waals surface area contributed by atoms with Gasteiger partial charge in [-0.1, -0.05) is 11.6 Å². The monoisotopic (exact) mass is 316 g/mol. The van der Waals surface area contributed by atoms with Gasteiger partial charge in [-0.25, -0.2) is 9.78 Å². The minimum absolute atomic E-state index is 0.132. The third-order valence-electron chi connectivity index (χ3n) is 3.49. The van der Waals surface area contributed by atoms with Crippen LogP contribution in [0.4, 0.5) is 4.79 Å².